The molecule has 26 atom stereocenters. The normalized spacial score (nSPS) is 43.2. The molecule has 0 spiro atoms. The van der Waals surface area contributed by atoms with Gasteiger partial charge in [0.2, 0.25) is 0 Å². The second kappa shape index (κ2) is 31.0. The van der Waals surface area contributed by atoms with Gasteiger partial charge in [0, 0.05) is 13.0 Å². The van der Waals surface area contributed by atoms with E-state index in [1.165, 1.54) is 64.7 Å². The number of hydrogen-bond acceptors (Lipinski definition) is 27. The van der Waals surface area contributed by atoms with Crippen LogP contribution in [0.3, 0.4) is 0 Å². The Morgan fingerprint density at radius 2 is 1.13 bits per heavy atom. The predicted molar refractivity (Wildman–Crippen MR) is 254 cm³/mol. The minimum absolute atomic E-state index is 0.261. The second-order valence-electron chi connectivity index (χ2n) is 20.7. The first-order chi connectivity index (χ1) is 36.1. The summed E-state index contributed by atoms with van der Waals surface area (Å²) in [4.78, 5) is 11.9. The minimum Gasteiger partial charge on any atom is -0.477 e. The van der Waals surface area contributed by atoms with Crippen molar-refractivity contribution in [1.82, 2.24) is 5.32 Å². The molecule has 5 aliphatic heterocycles. The Morgan fingerprint density at radius 3 is 1.70 bits per heavy atom. The van der Waals surface area contributed by atoms with Gasteiger partial charge < -0.3 is 129 Å². The quantitative estimate of drug-likeness (QED) is 0.0298. The molecule has 0 saturated carbocycles. The van der Waals surface area contributed by atoms with Crippen LogP contribution >= 0.6 is 0 Å². The van der Waals surface area contributed by atoms with E-state index in [9.17, 15) is 91.6 Å². The standard InChI is InChI=1S/C48H87NO27/c1-3-4-5-6-7-8-9-10-11-12-13-14-15-16-17-68-21-26-30(56)33(59)35(61)45(71-26)73-40-31(57)25(20-51)70-46(41(40)74-44-34(60)32(58)28(54)22(2)69-44)72-39-36(62)42(75-43(64)37(39)63)49-27-23(52)18-48(67,47(65)66)76-38(27)29(55)24(53)19-50/h22-46,49-64,67H,3-21H2,1-2H3,(H,65,66)/t22-,23+,24?,25-,26-,27-,28+,29?,30+,31+,32+,33+,34-,35-,36-,37-,38-,39+,40+,41-,42+,43+,44+,45-,46+,48+/m1/s1. The Balaban J connectivity index is 1.30. The average molecular weight is 1110 g/mol. The maximum absolute atomic E-state index is 11.9. The Kier molecular flexibility index (Phi) is 26.6. The largest absolute Gasteiger partial charge is 0.477 e. The van der Waals surface area contributed by atoms with Crippen molar-refractivity contribution in [3.05, 3.63) is 0 Å². The first-order valence-electron chi connectivity index (χ1n) is 26.7. The molecule has 0 bridgehead atoms. The number of unbranched alkanes of at least 4 members (excludes halogenated alkanes) is 13. The summed E-state index contributed by atoms with van der Waals surface area (Å²) in [6, 6.07) is -1.81. The minimum atomic E-state index is -3.15. The molecule has 5 fully saturated rings. The zero-order chi connectivity index (χ0) is 56.0. The Bertz CT molecular complexity index is 1670. The molecule has 0 aromatic heterocycles. The Morgan fingerprint density at radius 1 is 0.605 bits per heavy atom. The summed E-state index contributed by atoms with van der Waals surface area (Å²) in [7, 11) is 0. The van der Waals surface area contributed by atoms with Crippen LogP contribution in [0.5, 0.6) is 0 Å². The third-order valence-corrected chi connectivity index (χ3v) is 14.8. The molecule has 0 aromatic carbocycles. The Labute approximate surface area is 440 Å². The van der Waals surface area contributed by atoms with Gasteiger partial charge in [-0.2, -0.15) is 0 Å². The summed E-state index contributed by atoms with van der Waals surface area (Å²) in [5.41, 5.74) is 0. The summed E-state index contributed by atoms with van der Waals surface area (Å²) in [6.45, 7) is 1.33. The lowest BCUT2D eigenvalue weighted by molar-refractivity contribution is -0.405. The number of hydrogen-bond donors (Lipinski definition) is 18. The van der Waals surface area contributed by atoms with Gasteiger partial charge in [-0.1, -0.05) is 90.4 Å². The fourth-order valence-corrected chi connectivity index (χ4v) is 10.1. The topological polar surface area (TPSA) is 456 Å². The van der Waals surface area contributed by atoms with E-state index in [2.05, 4.69) is 12.2 Å². The number of aliphatic hydroxyl groups is 16. The van der Waals surface area contributed by atoms with Crippen molar-refractivity contribution in [3.8, 4) is 0 Å². The first-order valence-corrected chi connectivity index (χ1v) is 26.7. The number of aliphatic carboxylic acids is 1. The summed E-state index contributed by atoms with van der Waals surface area (Å²) in [5.74, 6) is -5.16. The van der Waals surface area contributed by atoms with Gasteiger partial charge in [0.05, 0.1) is 38.1 Å². The molecule has 0 amide bonds. The lowest BCUT2D eigenvalue weighted by Gasteiger charge is -2.51. The smallest absolute Gasteiger partial charge is 0.364 e. The molecule has 2 unspecified atom stereocenters. The van der Waals surface area contributed by atoms with Crippen LogP contribution in [0.15, 0.2) is 0 Å². The van der Waals surface area contributed by atoms with Gasteiger partial charge in [0.1, 0.15) is 110 Å². The lowest BCUT2D eigenvalue weighted by Crippen LogP contribution is -2.72. The molecule has 446 valence electrons. The molecule has 28 nitrogen and oxygen atoms in total. The molecule has 18 N–H and O–H groups in total. The predicted octanol–water partition coefficient (Wildman–Crippen LogP) is -5.66. The first kappa shape index (κ1) is 65.2. The molecule has 5 aliphatic rings. The van der Waals surface area contributed by atoms with Crippen LogP contribution in [-0.4, -0.2) is 278 Å². The van der Waals surface area contributed by atoms with E-state index in [1.54, 1.807) is 0 Å². The summed E-state index contributed by atoms with van der Waals surface area (Å²) in [6.07, 6.45) is -32.1. The van der Waals surface area contributed by atoms with Crippen LogP contribution in [-0.2, 0) is 47.4 Å². The van der Waals surface area contributed by atoms with Crippen molar-refractivity contribution in [2.24, 2.45) is 0 Å². The van der Waals surface area contributed by atoms with E-state index in [0.717, 1.165) is 25.7 Å². The van der Waals surface area contributed by atoms with Gasteiger partial charge in [-0.15, -0.1) is 0 Å². The van der Waals surface area contributed by atoms with Crippen molar-refractivity contribution >= 4 is 5.97 Å². The van der Waals surface area contributed by atoms with Gasteiger partial charge in [-0.3, -0.25) is 5.32 Å². The SMILES string of the molecule is CCCCCCCCCCCCCCCCOC[C@H]1O[C@H](O[C@H]2[C@@H](O)[C@@H](CO)O[C@@H](O[C@@H]3[C@@H](O)[C@@H](O)O[C@H](N[C@@H]4[C@@H](O)C[C@@](O)(C(=O)O)O[C@H]4C(O)C(O)CO)[C@@H]3O)[C@@H]2O[C@@H]2O[C@H](C)[C@H](O)[C@H](O)[C@H]2O)[C@H](O)[C@@H](O)[C@H]1O. The lowest BCUT2D eigenvalue weighted by atomic mass is 9.88. The highest BCUT2D eigenvalue weighted by molar-refractivity contribution is 5.75. The highest BCUT2D eigenvalue weighted by atomic mass is 16.8. The number of carboxylic acids is 1. The van der Waals surface area contributed by atoms with Gasteiger partial charge >= 0.3 is 5.97 Å². The van der Waals surface area contributed by atoms with Crippen LogP contribution in [0, 0.1) is 0 Å². The van der Waals surface area contributed by atoms with E-state index < -0.39 is 185 Å². The fraction of sp³-hybridized carbons (Fsp3) is 0.979. The van der Waals surface area contributed by atoms with E-state index in [1.807, 2.05) is 0 Å². The molecule has 28 heteroatoms. The molecule has 76 heavy (non-hydrogen) atoms. The molecule has 0 radical (unpaired) electrons. The molecular formula is C48H87NO27. The summed E-state index contributed by atoms with van der Waals surface area (Å²) >= 11 is 0. The van der Waals surface area contributed by atoms with Crippen molar-refractivity contribution in [1.29, 1.82) is 0 Å². The molecule has 5 heterocycles. The van der Waals surface area contributed by atoms with Crippen molar-refractivity contribution in [2.75, 3.05) is 26.4 Å². The van der Waals surface area contributed by atoms with Crippen LogP contribution in [0.2, 0.25) is 0 Å². The third-order valence-electron chi connectivity index (χ3n) is 14.8. The third kappa shape index (κ3) is 16.8. The maximum Gasteiger partial charge on any atom is 0.364 e. The van der Waals surface area contributed by atoms with Crippen LogP contribution in [0.1, 0.15) is 110 Å². The van der Waals surface area contributed by atoms with Crippen molar-refractivity contribution in [2.45, 2.75) is 269 Å². The molecular weight excluding hydrogens is 1020 g/mol. The number of ether oxygens (including phenoxy) is 9. The van der Waals surface area contributed by atoms with E-state index in [0.29, 0.717) is 6.42 Å². The molecule has 5 rings (SSSR count). The van der Waals surface area contributed by atoms with Crippen LogP contribution < -0.4 is 5.32 Å². The number of carbonyl (C=O) groups is 1. The van der Waals surface area contributed by atoms with E-state index >= 15 is 0 Å². The number of aliphatic hydroxyl groups excluding tert-OH is 15. The number of carboxylic acid groups (broad SMARTS) is 1. The van der Waals surface area contributed by atoms with Gasteiger partial charge in [-0.05, 0) is 13.3 Å². The molecule has 0 aliphatic carbocycles. The van der Waals surface area contributed by atoms with Gasteiger partial charge in [-0.25, -0.2) is 4.79 Å². The highest BCUT2D eigenvalue weighted by Gasteiger charge is 2.59. The van der Waals surface area contributed by atoms with Gasteiger partial charge in [0.25, 0.3) is 5.79 Å². The zero-order valence-corrected chi connectivity index (χ0v) is 43.1. The van der Waals surface area contributed by atoms with Crippen LogP contribution in [0.4, 0.5) is 0 Å². The number of rotatable bonds is 30. The summed E-state index contributed by atoms with van der Waals surface area (Å²) in [5, 5.41) is 186. The average Bonchev–Trinajstić information content (AvgIpc) is 3.40. The monoisotopic (exact) mass is 1110 g/mol. The second-order valence-corrected chi connectivity index (χ2v) is 20.7. The fourth-order valence-electron chi connectivity index (χ4n) is 10.1. The van der Waals surface area contributed by atoms with E-state index in [4.69, 9.17) is 42.6 Å². The highest BCUT2D eigenvalue weighted by Crippen LogP contribution is 2.37. The number of nitrogens with one attached hydrogen (secondary N) is 1. The van der Waals surface area contributed by atoms with Crippen molar-refractivity contribution < 1.29 is 134 Å². The van der Waals surface area contributed by atoms with Crippen molar-refractivity contribution in [3.63, 3.8) is 0 Å². The Hall–Kier alpha value is -1.57. The molecule has 5 saturated heterocycles. The zero-order valence-electron chi connectivity index (χ0n) is 43.1. The molecule has 0 aromatic rings. The maximum atomic E-state index is 11.9. The summed E-state index contributed by atoms with van der Waals surface area (Å²) < 4.78 is 51.9. The van der Waals surface area contributed by atoms with Crippen LogP contribution in [0.25, 0.3) is 0 Å². The van der Waals surface area contributed by atoms with Gasteiger partial charge in [0.15, 0.2) is 25.2 Å². The van der Waals surface area contributed by atoms with E-state index in [-0.39, 0.29) is 13.2 Å².